The van der Waals surface area contributed by atoms with Crippen LogP contribution in [0.25, 0.3) is 0 Å². The Morgan fingerprint density at radius 2 is 1.75 bits per heavy atom. The molecule has 0 aromatic rings. The maximum absolute atomic E-state index is 11.2. The third kappa shape index (κ3) is 1.48. The van der Waals surface area contributed by atoms with Crippen molar-refractivity contribution in [3.8, 4) is 0 Å². The maximum Gasteiger partial charge on any atom is 0.211 e. The van der Waals surface area contributed by atoms with Gasteiger partial charge in [-0.1, -0.05) is 0 Å². The predicted molar refractivity (Wildman–Crippen MR) is 46.4 cm³/mol. The molecule has 0 saturated carbocycles. The highest BCUT2D eigenvalue weighted by atomic mass is 32.2. The van der Waals surface area contributed by atoms with Gasteiger partial charge in [-0.3, -0.25) is 0 Å². The second-order valence-corrected chi connectivity index (χ2v) is 5.70. The lowest BCUT2D eigenvalue weighted by molar-refractivity contribution is 0.298. The van der Waals surface area contributed by atoms with Crippen LogP contribution in [-0.2, 0) is 10.0 Å². The van der Waals surface area contributed by atoms with Gasteiger partial charge < -0.3 is 5.32 Å². The highest BCUT2D eigenvalue weighted by Crippen LogP contribution is 2.21. The van der Waals surface area contributed by atoms with Crippen molar-refractivity contribution in [3.63, 3.8) is 0 Å². The fourth-order valence-corrected chi connectivity index (χ4v) is 2.93. The Kier molecular flexibility index (Phi) is 1.89. The molecule has 2 atom stereocenters. The highest BCUT2D eigenvalue weighted by molar-refractivity contribution is 7.88. The Balaban J connectivity index is 2.13. The fourth-order valence-electron chi connectivity index (χ4n) is 2.03. The number of nitrogens with one attached hydrogen (secondary N) is 1. The van der Waals surface area contributed by atoms with Gasteiger partial charge in [0.05, 0.1) is 6.26 Å². The Labute approximate surface area is 73.0 Å². The first-order valence-electron chi connectivity index (χ1n) is 4.27. The minimum Gasteiger partial charge on any atom is -0.309 e. The molecular weight excluding hydrogens is 176 g/mol. The molecule has 0 aliphatic carbocycles. The summed E-state index contributed by atoms with van der Waals surface area (Å²) in [6.07, 6.45) is 3.53. The van der Waals surface area contributed by atoms with Gasteiger partial charge in [0.25, 0.3) is 0 Å². The van der Waals surface area contributed by atoms with Crippen molar-refractivity contribution < 1.29 is 8.42 Å². The van der Waals surface area contributed by atoms with Gasteiger partial charge in [-0.25, -0.2) is 8.42 Å². The van der Waals surface area contributed by atoms with Gasteiger partial charge in [-0.05, 0) is 12.8 Å². The molecule has 2 aliphatic rings. The van der Waals surface area contributed by atoms with Crippen LogP contribution in [0.4, 0.5) is 0 Å². The van der Waals surface area contributed by atoms with E-state index in [1.165, 1.54) is 6.26 Å². The van der Waals surface area contributed by atoms with Crippen molar-refractivity contribution in [3.05, 3.63) is 0 Å². The quantitative estimate of drug-likeness (QED) is 0.599. The zero-order chi connectivity index (χ0) is 8.77. The summed E-state index contributed by atoms with van der Waals surface area (Å²) < 4.78 is 24.0. The monoisotopic (exact) mass is 190 g/mol. The van der Waals surface area contributed by atoms with Crippen LogP contribution in [0, 0.1) is 0 Å². The van der Waals surface area contributed by atoms with E-state index in [9.17, 15) is 8.42 Å². The third-order valence-corrected chi connectivity index (χ3v) is 3.89. The molecule has 2 heterocycles. The van der Waals surface area contributed by atoms with Crippen molar-refractivity contribution in [1.82, 2.24) is 9.62 Å². The van der Waals surface area contributed by atoms with Crippen molar-refractivity contribution in [2.24, 2.45) is 0 Å². The van der Waals surface area contributed by atoms with Crippen LogP contribution in [0.5, 0.6) is 0 Å². The highest BCUT2D eigenvalue weighted by Gasteiger charge is 2.35. The minimum absolute atomic E-state index is 0.401. The summed E-state index contributed by atoms with van der Waals surface area (Å²) in [5.74, 6) is 0. The molecule has 2 saturated heterocycles. The average molecular weight is 190 g/mol. The Hall–Kier alpha value is -0.130. The van der Waals surface area contributed by atoms with Gasteiger partial charge in [0.15, 0.2) is 0 Å². The minimum atomic E-state index is -2.96. The molecule has 0 spiro atoms. The largest absolute Gasteiger partial charge is 0.309 e. The van der Waals surface area contributed by atoms with E-state index in [2.05, 4.69) is 5.32 Å². The molecule has 2 bridgehead atoms. The second kappa shape index (κ2) is 2.68. The molecule has 12 heavy (non-hydrogen) atoms. The number of hydrogen-bond acceptors (Lipinski definition) is 3. The molecule has 0 aromatic heterocycles. The number of rotatable bonds is 1. The normalized spacial score (nSPS) is 37.1. The van der Waals surface area contributed by atoms with Gasteiger partial charge in [0.2, 0.25) is 10.0 Å². The van der Waals surface area contributed by atoms with Crippen LogP contribution in [0.1, 0.15) is 12.8 Å². The molecule has 0 radical (unpaired) electrons. The van der Waals surface area contributed by atoms with E-state index in [-0.39, 0.29) is 0 Å². The maximum atomic E-state index is 11.2. The Morgan fingerprint density at radius 3 is 2.17 bits per heavy atom. The lowest BCUT2D eigenvalue weighted by Gasteiger charge is -2.30. The molecule has 2 fully saturated rings. The first-order chi connectivity index (χ1) is 5.55. The topological polar surface area (TPSA) is 49.4 Å². The average Bonchev–Trinajstić information content (AvgIpc) is 2.28. The van der Waals surface area contributed by atoms with Crippen LogP contribution in [0.3, 0.4) is 0 Å². The summed E-state index contributed by atoms with van der Waals surface area (Å²) in [5.41, 5.74) is 0. The van der Waals surface area contributed by atoms with E-state index in [0.717, 1.165) is 12.8 Å². The fraction of sp³-hybridized carbons (Fsp3) is 1.00. The first kappa shape index (κ1) is 8.47. The molecule has 1 N–H and O–H groups in total. The van der Waals surface area contributed by atoms with Gasteiger partial charge in [0.1, 0.15) is 0 Å². The van der Waals surface area contributed by atoms with Crippen LogP contribution in [-0.4, -0.2) is 44.2 Å². The van der Waals surface area contributed by atoms with Crippen LogP contribution < -0.4 is 5.32 Å². The van der Waals surface area contributed by atoms with Gasteiger partial charge in [-0.15, -0.1) is 0 Å². The van der Waals surface area contributed by atoms with Gasteiger partial charge in [-0.2, -0.15) is 4.31 Å². The smallest absolute Gasteiger partial charge is 0.211 e. The van der Waals surface area contributed by atoms with Crippen molar-refractivity contribution in [2.45, 2.75) is 24.9 Å². The number of nitrogens with zero attached hydrogens (tertiary/aromatic N) is 1. The number of fused-ring (bicyclic) bond motifs is 2. The molecule has 0 aromatic carbocycles. The van der Waals surface area contributed by atoms with E-state index in [1.807, 2.05) is 0 Å². The number of piperazine rings is 1. The SMILES string of the molecule is CS(=O)(=O)N1CC2CCC(C1)N2. The Bertz CT molecular complexity index is 263. The van der Waals surface area contributed by atoms with Crippen LogP contribution >= 0.6 is 0 Å². The van der Waals surface area contributed by atoms with Gasteiger partial charge >= 0.3 is 0 Å². The molecule has 2 rings (SSSR count). The summed E-state index contributed by atoms with van der Waals surface area (Å²) in [6.45, 7) is 1.32. The van der Waals surface area contributed by atoms with E-state index in [1.54, 1.807) is 4.31 Å². The van der Waals surface area contributed by atoms with Gasteiger partial charge in [0, 0.05) is 25.2 Å². The zero-order valence-electron chi connectivity index (χ0n) is 7.16. The van der Waals surface area contributed by atoms with Crippen molar-refractivity contribution in [1.29, 1.82) is 0 Å². The lowest BCUT2D eigenvalue weighted by atomic mass is 10.2. The van der Waals surface area contributed by atoms with Crippen LogP contribution in [0.15, 0.2) is 0 Å². The molecule has 2 unspecified atom stereocenters. The molecule has 2 aliphatic heterocycles. The zero-order valence-corrected chi connectivity index (χ0v) is 7.97. The molecule has 5 heteroatoms. The number of sulfonamides is 1. The second-order valence-electron chi connectivity index (χ2n) is 3.72. The van der Waals surface area contributed by atoms with E-state index in [4.69, 9.17) is 0 Å². The predicted octanol–water partition coefficient (Wildman–Crippen LogP) is -0.618. The van der Waals surface area contributed by atoms with Crippen LogP contribution in [0.2, 0.25) is 0 Å². The summed E-state index contributed by atoms with van der Waals surface area (Å²) in [6, 6.07) is 0.803. The molecule has 70 valence electrons. The standard InChI is InChI=1S/C7H14N2O2S/c1-12(10,11)9-4-6-2-3-7(5-9)8-6/h6-8H,2-5H2,1H3. The summed E-state index contributed by atoms with van der Waals surface area (Å²) >= 11 is 0. The third-order valence-electron chi connectivity index (χ3n) is 2.65. The Morgan fingerprint density at radius 1 is 1.25 bits per heavy atom. The molecule has 4 nitrogen and oxygen atoms in total. The number of hydrogen-bond donors (Lipinski definition) is 1. The summed E-state index contributed by atoms with van der Waals surface area (Å²) in [4.78, 5) is 0. The van der Waals surface area contributed by atoms with Crippen molar-refractivity contribution >= 4 is 10.0 Å². The van der Waals surface area contributed by atoms with E-state index >= 15 is 0 Å². The first-order valence-corrected chi connectivity index (χ1v) is 6.12. The van der Waals surface area contributed by atoms with E-state index in [0.29, 0.717) is 25.2 Å². The molecule has 0 amide bonds. The lowest BCUT2D eigenvalue weighted by Crippen LogP contribution is -2.52. The van der Waals surface area contributed by atoms with Crippen molar-refractivity contribution in [2.75, 3.05) is 19.3 Å². The van der Waals surface area contributed by atoms with E-state index < -0.39 is 10.0 Å². The summed E-state index contributed by atoms with van der Waals surface area (Å²) in [5, 5.41) is 3.39. The molecular formula is C7H14N2O2S. The summed E-state index contributed by atoms with van der Waals surface area (Å²) in [7, 11) is -2.96.